The monoisotopic (exact) mass is 310 g/mol. The van der Waals surface area contributed by atoms with E-state index in [9.17, 15) is 0 Å². The van der Waals surface area contributed by atoms with Gasteiger partial charge in [0, 0.05) is 26.0 Å². The van der Waals surface area contributed by atoms with Gasteiger partial charge < -0.3 is 15.2 Å². The quantitative estimate of drug-likeness (QED) is 0.884. The van der Waals surface area contributed by atoms with Gasteiger partial charge in [-0.3, -0.25) is 0 Å². The maximum Gasteiger partial charge on any atom is 0.146 e. The van der Waals surface area contributed by atoms with Crippen molar-refractivity contribution in [3.63, 3.8) is 0 Å². The van der Waals surface area contributed by atoms with Gasteiger partial charge in [-0.1, -0.05) is 0 Å². The molecule has 18 heavy (non-hydrogen) atoms. The number of aryl methyl sites for hydroxylation is 1. The van der Waals surface area contributed by atoms with E-state index in [-0.39, 0.29) is 0 Å². The minimum atomic E-state index is 0.616. The molecule has 0 aliphatic carbocycles. The minimum absolute atomic E-state index is 0.616. The van der Waals surface area contributed by atoms with Crippen LogP contribution in [0.15, 0.2) is 23.2 Å². The molecule has 96 valence electrons. The molecule has 0 spiro atoms. The number of aromatic nitrogens is 4. The second-order valence-corrected chi connectivity index (χ2v) is 4.52. The zero-order valence-corrected chi connectivity index (χ0v) is 11.9. The molecule has 0 fully saturated rings. The summed E-state index contributed by atoms with van der Waals surface area (Å²) in [7, 11) is 1.96. The highest BCUT2D eigenvalue weighted by molar-refractivity contribution is 9.10. The Hall–Kier alpha value is -1.63. The van der Waals surface area contributed by atoms with Crippen molar-refractivity contribution in [1.82, 2.24) is 19.5 Å². The zero-order chi connectivity index (χ0) is 13.0. The van der Waals surface area contributed by atoms with E-state index >= 15 is 0 Å². The number of hydrogen-bond donors (Lipinski definition) is 2. The molecule has 0 aromatic carbocycles. The van der Waals surface area contributed by atoms with E-state index in [2.05, 4.69) is 41.5 Å². The molecule has 0 saturated heterocycles. The fraction of sp³-hybridized carbons (Fsp3) is 0.364. The molecule has 0 unspecified atom stereocenters. The predicted molar refractivity (Wildman–Crippen MR) is 74.4 cm³/mol. The largest absolute Gasteiger partial charge is 0.369 e. The standard InChI is InChI=1S/C11H15BrN6/c1-3-13-10-9(12)11(17-7-16-10)15-6-8-14-4-5-18(8)2/h4-5,7H,3,6H2,1-2H3,(H2,13,15,16,17). The number of hydrogen-bond acceptors (Lipinski definition) is 5. The summed E-state index contributed by atoms with van der Waals surface area (Å²) in [6.07, 6.45) is 5.22. The number of rotatable bonds is 5. The van der Waals surface area contributed by atoms with Crippen LogP contribution >= 0.6 is 15.9 Å². The first-order chi connectivity index (χ1) is 8.72. The van der Waals surface area contributed by atoms with Gasteiger partial charge in [0.1, 0.15) is 28.3 Å². The molecule has 2 rings (SSSR count). The number of anilines is 2. The maximum atomic E-state index is 4.25. The fourth-order valence-corrected chi connectivity index (χ4v) is 2.00. The summed E-state index contributed by atoms with van der Waals surface area (Å²) in [4.78, 5) is 12.6. The van der Waals surface area contributed by atoms with Gasteiger partial charge in [-0.2, -0.15) is 0 Å². The molecule has 0 atom stereocenters. The van der Waals surface area contributed by atoms with Gasteiger partial charge in [-0.25, -0.2) is 15.0 Å². The Balaban J connectivity index is 2.10. The molecule has 2 aromatic rings. The summed E-state index contributed by atoms with van der Waals surface area (Å²) in [5.41, 5.74) is 0. The lowest BCUT2D eigenvalue weighted by Gasteiger charge is -2.10. The summed E-state index contributed by atoms with van der Waals surface area (Å²) in [6, 6.07) is 0. The third-order valence-electron chi connectivity index (χ3n) is 2.47. The molecule has 2 aromatic heterocycles. The van der Waals surface area contributed by atoms with E-state index < -0.39 is 0 Å². The second kappa shape index (κ2) is 5.81. The Morgan fingerprint density at radius 3 is 2.56 bits per heavy atom. The van der Waals surface area contributed by atoms with E-state index in [1.165, 1.54) is 6.33 Å². The van der Waals surface area contributed by atoms with Crippen LogP contribution in [0, 0.1) is 0 Å². The molecule has 0 amide bonds. The Kier molecular flexibility index (Phi) is 4.14. The molecule has 0 aliphatic rings. The van der Waals surface area contributed by atoms with Crippen LogP contribution in [-0.4, -0.2) is 26.1 Å². The third-order valence-corrected chi connectivity index (χ3v) is 3.22. The number of nitrogens with zero attached hydrogens (tertiary/aromatic N) is 4. The first kappa shape index (κ1) is 12.8. The van der Waals surface area contributed by atoms with Crippen LogP contribution in [0.3, 0.4) is 0 Å². The second-order valence-electron chi connectivity index (χ2n) is 3.72. The zero-order valence-electron chi connectivity index (χ0n) is 10.3. The van der Waals surface area contributed by atoms with Gasteiger partial charge >= 0.3 is 0 Å². The Labute approximate surface area is 114 Å². The van der Waals surface area contributed by atoms with Crippen molar-refractivity contribution >= 4 is 27.6 Å². The summed E-state index contributed by atoms with van der Waals surface area (Å²) in [5, 5.41) is 6.40. The molecular weight excluding hydrogens is 296 g/mol. The fourth-order valence-electron chi connectivity index (χ4n) is 1.51. The first-order valence-corrected chi connectivity index (χ1v) is 6.46. The van der Waals surface area contributed by atoms with E-state index in [1.54, 1.807) is 6.20 Å². The van der Waals surface area contributed by atoms with Gasteiger partial charge in [0.25, 0.3) is 0 Å². The van der Waals surface area contributed by atoms with Crippen molar-refractivity contribution in [3.8, 4) is 0 Å². The van der Waals surface area contributed by atoms with E-state index in [0.29, 0.717) is 6.54 Å². The minimum Gasteiger partial charge on any atom is -0.369 e. The van der Waals surface area contributed by atoms with Gasteiger partial charge in [-0.15, -0.1) is 0 Å². The van der Waals surface area contributed by atoms with Crippen molar-refractivity contribution in [2.24, 2.45) is 7.05 Å². The van der Waals surface area contributed by atoms with E-state index in [1.807, 2.05) is 24.7 Å². The SMILES string of the molecule is CCNc1ncnc(NCc2nccn2C)c1Br. The average Bonchev–Trinajstić information content (AvgIpc) is 2.76. The van der Waals surface area contributed by atoms with Crippen LogP contribution in [0.1, 0.15) is 12.7 Å². The Morgan fingerprint density at radius 1 is 1.22 bits per heavy atom. The summed E-state index contributed by atoms with van der Waals surface area (Å²) in [5.74, 6) is 2.49. The molecule has 0 saturated carbocycles. The molecule has 2 heterocycles. The molecular formula is C11H15BrN6. The Morgan fingerprint density at radius 2 is 1.94 bits per heavy atom. The normalized spacial score (nSPS) is 10.4. The van der Waals surface area contributed by atoms with Crippen LogP contribution in [-0.2, 0) is 13.6 Å². The predicted octanol–water partition coefficient (Wildman–Crippen LogP) is 2.02. The van der Waals surface area contributed by atoms with Crippen molar-refractivity contribution in [2.75, 3.05) is 17.2 Å². The first-order valence-electron chi connectivity index (χ1n) is 5.66. The van der Waals surface area contributed by atoms with Crippen LogP contribution in [0.25, 0.3) is 0 Å². The summed E-state index contributed by atoms with van der Waals surface area (Å²) >= 11 is 3.49. The highest BCUT2D eigenvalue weighted by Gasteiger charge is 2.08. The lowest BCUT2D eigenvalue weighted by molar-refractivity contribution is 0.810. The third kappa shape index (κ3) is 2.79. The molecule has 0 radical (unpaired) electrons. The van der Waals surface area contributed by atoms with Crippen LogP contribution < -0.4 is 10.6 Å². The van der Waals surface area contributed by atoms with Gasteiger partial charge in [0.15, 0.2) is 0 Å². The molecule has 0 aliphatic heterocycles. The number of nitrogens with one attached hydrogen (secondary N) is 2. The lowest BCUT2D eigenvalue weighted by atomic mass is 10.5. The van der Waals surface area contributed by atoms with Crippen molar-refractivity contribution in [1.29, 1.82) is 0 Å². The number of halogens is 1. The molecule has 2 N–H and O–H groups in total. The van der Waals surface area contributed by atoms with Crippen molar-refractivity contribution in [3.05, 3.63) is 29.0 Å². The van der Waals surface area contributed by atoms with E-state index in [0.717, 1.165) is 28.5 Å². The van der Waals surface area contributed by atoms with Crippen LogP contribution in [0.5, 0.6) is 0 Å². The van der Waals surface area contributed by atoms with Crippen molar-refractivity contribution in [2.45, 2.75) is 13.5 Å². The smallest absolute Gasteiger partial charge is 0.146 e. The molecule has 6 nitrogen and oxygen atoms in total. The molecule has 7 heteroatoms. The van der Waals surface area contributed by atoms with Crippen molar-refractivity contribution < 1.29 is 0 Å². The Bertz CT molecular complexity index is 524. The summed E-state index contributed by atoms with van der Waals surface area (Å²) < 4.78 is 2.80. The molecule has 0 bridgehead atoms. The maximum absolute atomic E-state index is 4.25. The van der Waals surface area contributed by atoms with Gasteiger partial charge in [0.05, 0.1) is 6.54 Å². The lowest BCUT2D eigenvalue weighted by Crippen LogP contribution is -2.09. The average molecular weight is 311 g/mol. The topological polar surface area (TPSA) is 67.7 Å². The highest BCUT2D eigenvalue weighted by Crippen LogP contribution is 2.26. The van der Waals surface area contributed by atoms with Crippen LogP contribution in [0.2, 0.25) is 0 Å². The summed E-state index contributed by atoms with van der Waals surface area (Å²) in [6.45, 7) is 3.45. The van der Waals surface area contributed by atoms with Crippen LogP contribution in [0.4, 0.5) is 11.6 Å². The van der Waals surface area contributed by atoms with Gasteiger partial charge in [-0.05, 0) is 22.9 Å². The highest BCUT2D eigenvalue weighted by atomic mass is 79.9. The van der Waals surface area contributed by atoms with E-state index in [4.69, 9.17) is 0 Å². The van der Waals surface area contributed by atoms with Gasteiger partial charge in [0.2, 0.25) is 0 Å². The number of imidazole rings is 1.